The second kappa shape index (κ2) is 9.97. The van der Waals surface area contributed by atoms with E-state index in [0.29, 0.717) is 13.0 Å². The summed E-state index contributed by atoms with van der Waals surface area (Å²) in [6.45, 7) is 2.15. The monoisotopic (exact) mass is 322 g/mol. The molecule has 5 nitrogen and oxygen atoms in total. The largest absolute Gasteiger partial charge is 0.352 e. The van der Waals surface area contributed by atoms with Crippen LogP contribution in [-0.4, -0.2) is 29.3 Å². The molecule has 22 heavy (non-hydrogen) atoms. The molecule has 1 aromatic carbocycles. The van der Waals surface area contributed by atoms with Gasteiger partial charge < -0.3 is 10.6 Å². The summed E-state index contributed by atoms with van der Waals surface area (Å²) < 4.78 is 1.88. The van der Waals surface area contributed by atoms with E-state index in [2.05, 4.69) is 21.8 Å². The summed E-state index contributed by atoms with van der Waals surface area (Å²) in [6, 6.07) is 10.0. The summed E-state index contributed by atoms with van der Waals surface area (Å²) in [4.78, 5) is 11.8. The zero-order valence-corrected chi connectivity index (χ0v) is 13.6. The van der Waals surface area contributed by atoms with Crippen LogP contribution in [0, 0.1) is 0 Å². The Balaban J connectivity index is 0.00000242. The first kappa shape index (κ1) is 18.2. The number of benzene rings is 1. The molecule has 2 rings (SSSR count). The van der Waals surface area contributed by atoms with E-state index in [4.69, 9.17) is 0 Å². The second-order valence-corrected chi connectivity index (χ2v) is 4.96. The Bertz CT molecular complexity index is 557. The molecule has 0 aliphatic heterocycles. The molecule has 1 amide bonds. The molecule has 2 aromatic rings. The van der Waals surface area contributed by atoms with Gasteiger partial charge in [0.15, 0.2) is 0 Å². The molecular weight excluding hydrogens is 300 g/mol. The summed E-state index contributed by atoms with van der Waals surface area (Å²) in [7, 11) is 1.89. The van der Waals surface area contributed by atoms with Crippen LogP contribution in [0.3, 0.4) is 0 Å². The maximum absolute atomic E-state index is 11.8. The van der Waals surface area contributed by atoms with Crippen LogP contribution < -0.4 is 10.6 Å². The van der Waals surface area contributed by atoms with Crippen molar-refractivity contribution in [3.63, 3.8) is 0 Å². The highest BCUT2D eigenvalue weighted by Gasteiger charge is 2.05. The highest BCUT2D eigenvalue weighted by Crippen LogP contribution is 2.10. The highest BCUT2D eigenvalue weighted by molar-refractivity contribution is 5.85. The van der Waals surface area contributed by atoms with Gasteiger partial charge in [0.2, 0.25) is 5.91 Å². The number of nitrogens with one attached hydrogen (secondary N) is 2. The van der Waals surface area contributed by atoms with Crippen molar-refractivity contribution in [1.29, 1.82) is 0 Å². The number of amides is 1. The quantitative estimate of drug-likeness (QED) is 0.731. The standard InChI is InChI=1S/C16H22N4O.ClH/c1-17-9-4-8-16(21)18-12-14-6-2-3-7-15(14)13-20-11-5-10-19-20;/h2-3,5-7,10-11,17H,4,8-9,12-13H2,1H3,(H,18,21);1H. The second-order valence-electron chi connectivity index (χ2n) is 4.96. The van der Waals surface area contributed by atoms with E-state index >= 15 is 0 Å². The summed E-state index contributed by atoms with van der Waals surface area (Å²) in [5.41, 5.74) is 2.31. The van der Waals surface area contributed by atoms with E-state index in [1.165, 1.54) is 5.56 Å². The molecule has 1 heterocycles. The Morgan fingerprint density at radius 1 is 1.23 bits per heavy atom. The molecule has 0 bridgehead atoms. The number of aromatic nitrogens is 2. The van der Waals surface area contributed by atoms with Crippen molar-refractivity contribution in [2.75, 3.05) is 13.6 Å². The fraction of sp³-hybridized carbons (Fsp3) is 0.375. The Labute approximate surface area is 137 Å². The van der Waals surface area contributed by atoms with E-state index in [1.54, 1.807) is 6.20 Å². The normalized spacial score (nSPS) is 10.0. The van der Waals surface area contributed by atoms with Gasteiger partial charge >= 0.3 is 0 Å². The zero-order valence-electron chi connectivity index (χ0n) is 12.8. The molecule has 0 saturated carbocycles. The average molecular weight is 323 g/mol. The van der Waals surface area contributed by atoms with Crippen LogP contribution in [0.1, 0.15) is 24.0 Å². The molecule has 6 heteroatoms. The van der Waals surface area contributed by atoms with Gasteiger partial charge in [0.1, 0.15) is 0 Å². The first-order valence-electron chi connectivity index (χ1n) is 7.25. The molecular formula is C16H23ClN4O. The van der Waals surface area contributed by atoms with Crippen LogP contribution in [-0.2, 0) is 17.9 Å². The lowest BCUT2D eigenvalue weighted by Crippen LogP contribution is -2.24. The van der Waals surface area contributed by atoms with E-state index in [-0.39, 0.29) is 18.3 Å². The molecule has 0 aliphatic carbocycles. The van der Waals surface area contributed by atoms with Gasteiger partial charge in [-0.15, -0.1) is 12.4 Å². The van der Waals surface area contributed by atoms with Crippen molar-refractivity contribution >= 4 is 18.3 Å². The first-order valence-corrected chi connectivity index (χ1v) is 7.25. The summed E-state index contributed by atoms with van der Waals surface area (Å²) in [5, 5.41) is 10.2. The van der Waals surface area contributed by atoms with Gasteiger partial charge in [-0.25, -0.2) is 0 Å². The number of nitrogens with zero attached hydrogens (tertiary/aromatic N) is 2. The molecule has 0 fully saturated rings. The molecule has 0 atom stereocenters. The van der Waals surface area contributed by atoms with Crippen LogP contribution >= 0.6 is 12.4 Å². The third-order valence-electron chi connectivity index (χ3n) is 3.32. The topological polar surface area (TPSA) is 59.0 Å². The number of rotatable bonds is 8. The van der Waals surface area contributed by atoms with Gasteiger partial charge in [-0.3, -0.25) is 9.48 Å². The molecule has 2 N–H and O–H groups in total. The molecule has 0 spiro atoms. The van der Waals surface area contributed by atoms with Crippen molar-refractivity contribution in [1.82, 2.24) is 20.4 Å². The summed E-state index contributed by atoms with van der Waals surface area (Å²) in [5.74, 6) is 0.0964. The number of carbonyl (C=O) groups excluding carboxylic acids is 1. The minimum Gasteiger partial charge on any atom is -0.352 e. The fourth-order valence-corrected chi connectivity index (χ4v) is 2.16. The van der Waals surface area contributed by atoms with Gasteiger partial charge in [0.05, 0.1) is 6.54 Å². The third-order valence-corrected chi connectivity index (χ3v) is 3.32. The number of hydrogen-bond acceptors (Lipinski definition) is 3. The summed E-state index contributed by atoms with van der Waals surface area (Å²) >= 11 is 0. The van der Waals surface area contributed by atoms with Gasteiger partial charge in [-0.1, -0.05) is 24.3 Å². The zero-order chi connectivity index (χ0) is 14.9. The number of carbonyl (C=O) groups is 1. The van der Waals surface area contributed by atoms with Gasteiger partial charge in [0, 0.05) is 25.4 Å². The van der Waals surface area contributed by atoms with Crippen LogP contribution in [0.25, 0.3) is 0 Å². The Kier molecular flexibility index (Phi) is 8.25. The minimum absolute atomic E-state index is 0. The summed E-state index contributed by atoms with van der Waals surface area (Å²) in [6.07, 6.45) is 5.12. The van der Waals surface area contributed by atoms with Gasteiger partial charge in [-0.05, 0) is 37.2 Å². The number of hydrogen-bond donors (Lipinski definition) is 2. The molecule has 120 valence electrons. The van der Waals surface area contributed by atoms with E-state index < -0.39 is 0 Å². The predicted octanol–water partition coefficient (Wildman–Crippen LogP) is 1.97. The lowest BCUT2D eigenvalue weighted by Gasteiger charge is -2.11. The molecule has 0 unspecified atom stereocenters. The van der Waals surface area contributed by atoms with Crippen molar-refractivity contribution in [2.45, 2.75) is 25.9 Å². The first-order chi connectivity index (χ1) is 10.3. The fourth-order valence-electron chi connectivity index (χ4n) is 2.16. The molecule has 0 aliphatic rings. The SMILES string of the molecule is CNCCCC(=O)NCc1ccccc1Cn1cccn1.Cl. The lowest BCUT2D eigenvalue weighted by atomic mass is 10.1. The van der Waals surface area contributed by atoms with Gasteiger partial charge in [0.25, 0.3) is 0 Å². The van der Waals surface area contributed by atoms with Crippen LogP contribution in [0.15, 0.2) is 42.7 Å². The number of halogens is 1. The van der Waals surface area contributed by atoms with Crippen LogP contribution in [0.5, 0.6) is 0 Å². The minimum atomic E-state index is 0. The Morgan fingerprint density at radius 3 is 2.68 bits per heavy atom. The van der Waals surface area contributed by atoms with E-state index in [9.17, 15) is 4.79 Å². The predicted molar refractivity (Wildman–Crippen MR) is 90.0 cm³/mol. The van der Waals surface area contributed by atoms with Crippen LogP contribution in [0.4, 0.5) is 0 Å². The molecule has 0 saturated heterocycles. The molecule has 0 radical (unpaired) electrons. The lowest BCUT2D eigenvalue weighted by molar-refractivity contribution is -0.121. The highest BCUT2D eigenvalue weighted by atomic mass is 35.5. The van der Waals surface area contributed by atoms with Crippen molar-refractivity contribution in [2.24, 2.45) is 0 Å². The van der Waals surface area contributed by atoms with E-state index in [1.807, 2.05) is 42.2 Å². The van der Waals surface area contributed by atoms with Crippen molar-refractivity contribution < 1.29 is 4.79 Å². The smallest absolute Gasteiger partial charge is 0.220 e. The maximum atomic E-state index is 11.8. The Hall–Kier alpha value is -1.85. The van der Waals surface area contributed by atoms with Crippen LogP contribution in [0.2, 0.25) is 0 Å². The van der Waals surface area contributed by atoms with Crippen molar-refractivity contribution in [3.05, 3.63) is 53.9 Å². The van der Waals surface area contributed by atoms with E-state index in [0.717, 1.165) is 25.1 Å². The van der Waals surface area contributed by atoms with Crippen molar-refractivity contribution in [3.8, 4) is 0 Å². The third kappa shape index (κ3) is 5.87. The Morgan fingerprint density at radius 2 is 2.00 bits per heavy atom. The average Bonchev–Trinajstić information content (AvgIpc) is 3.00. The molecule has 1 aromatic heterocycles. The van der Waals surface area contributed by atoms with Gasteiger partial charge in [-0.2, -0.15) is 5.10 Å². The maximum Gasteiger partial charge on any atom is 0.220 e.